The van der Waals surface area contributed by atoms with E-state index in [-0.39, 0.29) is 5.54 Å². The van der Waals surface area contributed by atoms with Crippen molar-refractivity contribution < 1.29 is 4.42 Å². The van der Waals surface area contributed by atoms with E-state index in [4.69, 9.17) is 4.42 Å². The second-order valence-electron chi connectivity index (χ2n) is 4.55. The molecule has 0 radical (unpaired) electrons. The summed E-state index contributed by atoms with van der Waals surface area (Å²) in [5.41, 5.74) is 1.61. The molecule has 1 N–H and O–H groups in total. The first-order valence-electron chi connectivity index (χ1n) is 5.68. The molecule has 0 amide bonds. The van der Waals surface area contributed by atoms with Gasteiger partial charge in [-0.15, -0.1) is 0 Å². The van der Waals surface area contributed by atoms with Crippen LogP contribution in [0.4, 0.5) is 0 Å². The van der Waals surface area contributed by atoms with Crippen LogP contribution in [0, 0.1) is 5.92 Å². The first kappa shape index (κ1) is 8.54. The van der Waals surface area contributed by atoms with Crippen molar-refractivity contribution in [3.05, 3.63) is 23.7 Å². The molecule has 1 unspecified atom stereocenters. The number of hydrogen-bond acceptors (Lipinski definition) is 2. The Hall–Kier alpha value is -0.760. The Morgan fingerprint density at radius 1 is 1.57 bits per heavy atom. The lowest BCUT2D eigenvalue weighted by Gasteiger charge is -2.36. The Bertz CT molecular complexity index is 340. The van der Waals surface area contributed by atoms with Gasteiger partial charge in [0.1, 0.15) is 5.76 Å². The van der Waals surface area contributed by atoms with Crippen LogP contribution in [0.2, 0.25) is 0 Å². The van der Waals surface area contributed by atoms with Crippen LogP contribution < -0.4 is 5.32 Å². The fourth-order valence-electron chi connectivity index (χ4n) is 2.90. The predicted molar refractivity (Wildman–Crippen MR) is 55.1 cm³/mol. The van der Waals surface area contributed by atoms with Crippen molar-refractivity contribution in [1.82, 2.24) is 5.32 Å². The van der Waals surface area contributed by atoms with Gasteiger partial charge in [-0.3, -0.25) is 0 Å². The molecule has 1 aliphatic heterocycles. The molecule has 1 aliphatic carbocycles. The van der Waals surface area contributed by atoms with Gasteiger partial charge < -0.3 is 9.73 Å². The summed E-state index contributed by atoms with van der Waals surface area (Å²) in [6.45, 7) is 3.37. The molecule has 2 aliphatic rings. The van der Waals surface area contributed by atoms with Gasteiger partial charge in [0.05, 0.1) is 11.8 Å². The molecule has 2 nitrogen and oxygen atoms in total. The highest BCUT2D eigenvalue weighted by atomic mass is 16.3. The van der Waals surface area contributed by atoms with E-state index in [1.54, 1.807) is 0 Å². The SMILES string of the molecule is CCC1(C2CC2)NCCc2ccoc21. The van der Waals surface area contributed by atoms with Crippen LogP contribution in [0.5, 0.6) is 0 Å². The van der Waals surface area contributed by atoms with Crippen molar-refractivity contribution in [2.75, 3.05) is 6.54 Å². The third-order valence-corrected chi connectivity index (χ3v) is 3.82. The van der Waals surface area contributed by atoms with Crippen molar-refractivity contribution in [2.24, 2.45) is 5.92 Å². The van der Waals surface area contributed by atoms with E-state index in [2.05, 4.69) is 18.3 Å². The molecule has 3 rings (SSSR count). The van der Waals surface area contributed by atoms with Crippen LogP contribution >= 0.6 is 0 Å². The maximum absolute atomic E-state index is 5.70. The zero-order valence-corrected chi connectivity index (χ0v) is 8.68. The van der Waals surface area contributed by atoms with Gasteiger partial charge in [-0.25, -0.2) is 0 Å². The number of rotatable bonds is 2. The molecule has 0 spiro atoms. The van der Waals surface area contributed by atoms with E-state index < -0.39 is 0 Å². The molecule has 14 heavy (non-hydrogen) atoms. The highest BCUT2D eigenvalue weighted by Gasteiger charge is 2.49. The van der Waals surface area contributed by atoms with Gasteiger partial charge >= 0.3 is 0 Å². The van der Waals surface area contributed by atoms with Crippen LogP contribution in [0.1, 0.15) is 37.5 Å². The van der Waals surface area contributed by atoms with Crippen LogP contribution in [0.3, 0.4) is 0 Å². The lowest BCUT2D eigenvalue weighted by Crippen LogP contribution is -2.48. The summed E-state index contributed by atoms with van der Waals surface area (Å²) in [5, 5.41) is 3.69. The molecule has 2 heteroatoms. The second-order valence-corrected chi connectivity index (χ2v) is 4.55. The Balaban J connectivity index is 2.07. The number of furan rings is 1. The maximum atomic E-state index is 5.70. The van der Waals surface area contributed by atoms with Crippen molar-refractivity contribution >= 4 is 0 Å². The molecule has 1 atom stereocenters. The summed E-state index contributed by atoms with van der Waals surface area (Å²) < 4.78 is 5.70. The van der Waals surface area contributed by atoms with Gasteiger partial charge in [-0.2, -0.15) is 0 Å². The first-order valence-corrected chi connectivity index (χ1v) is 5.68. The van der Waals surface area contributed by atoms with E-state index >= 15 is 0 Å². The third kappa shape index (κ3) is 1.01. The number of fused-ring (bicyclic) bond motifs is 1. The standard InChI is InChI=1S/C12H17NO/c1-2-12(10-3-4-10)11-9(5-7-13-12)6-8-14-11/h6,8,10,13H,2-5,7H2,1H3. The Kier molecular flexibility index (Phi) is 1.75. The van der Waals surface area contributed by atoms with Crippen molar-refractivity contribution in [3.63, 3.8) is 0 Å². The molecule has 0 bridgehead atoms. The summed E-state index contributed by atoms with van der Waals surface area (Å²) in [4.78, 5) is 0. The fraction of sp³-hybridized carbons (Fsp3) is 0.667. The largest absolute Gasteiger partial charge is 0.467 e. The minimum atomic E-state index is 0.178. The fourth-order valence-corrected chi connectivity index (χ4v) is 2.90. The third-order valence-electron chi connectivity index (χ3n) is 3.82. The first-order chi connectivity index (χ1) is 6.87. The van der Waals surface area contributed by atoms with E-state index in [0.717, 1.165) is 25.3 Å². The number of nitrogens with one attached hydrogen (secondary N) is 1. The Morgan fingerprint density at radius 3 is 3.14 bits per heavy atom. The molecule has 0 aromatic carbocycles. The van der Waals surface area contributed by atoms with E-state index in [9.17, 15) is 0 Å². The highest BCUT2D eigenvalue weighted by Crippen LogP contribution is 2.49. The maximum Gasteiger partial charge on any atom is 0.127 e. The molecule has 1 aromatic heterocycles. The lowest BCUT2D eigenvalue weighted by atomic mass is 9.82. The summed E-state index contributed by atoms with van der Waals surface area (Å²) in [7, 11) is 0. The van der Waals surface area contributed by atoms with Gasteiger partial charge in [0.15, 0.2) is 0 Å². The second kappa shape index (κ2) is 2.86. The van der Waals surface area contributed by atoms with Gasteiger partial charge in [0.25, 0.3) is 0 Å². The molecule has 1 fully saturated rings. The summed E-state index contributed by atoms with van der Waals surface area (Å²) >= 11 is 0. The normalized spacial score (nSPS) is 31.5. The Labute approximate surface area is 84.7 Å². The van der Waals surface area contributed by atoms with Gasteiger partial charge in [-0.1, -0.05) is 6.92 Å². The van der Waals surface area contributed by atoms with Crippen LogP contribution in [-0.4, -0.2) is 6.54 Å². The topological polar surface area (TPSA) is 25.2 Å². The van der Waals surface area contributed by atoms with Crippen molar-refractivity contribution in [2.45, 2.75) is 38.1 Å². The minimum Gasteiger partial charge on any atom is -0.467 e. The summed E-state index contributed by atoms with van der Waals surface area (Å²) in [6.07, 6.45) is 6.85. The lowest BCUT2D eigenvalue weighted by molar-refractivity contribution is 0.210. The predicted octanol–water partition coefficient (Wildman–Crippen LogP) is 2.44. The molecular weight excluding hydrogens is 174 g/mol. The van der Waals surface area contributed by atoms with Crippen molar-refractivity contribution in [3.8, 4) is 0 Å². The average molecular weight is 191 g/mol. The highest BCUT2D eigenvalue weighted by molar-refractivity contribution is 5.30. The average Bonchev–Trinajstić information content (AvgIpc) is 2.96. The molecule has 1 aromatic rings. The van der Waals surface area contributed by atoms with Gasteiger partial charge in [0, 0.05) is 6.54 Å². The molecule has 0 saturated heterocycles. The molecular formula is C12H17NO. The van der Waals surface area contributed by atoms with Crippen molar-refractivity contribution in [1.29, 1.82) is 0 Å². The quantitative estimate of drug-likeness (QED) is 0.776. The number of hydrogen-bond donors (Lipinski definition) is 1. The summed E-state index contributed by atoms with van der Waals surface area (Å²) in [6, 6.07) is 2.14. The van der Waals surface area contributed by atoms with E-state index in [1.165, 1.54) is 24.2 Å². The monoisotopic (exact) mass is 191 g/mol. The van der Waals surface area contributed by atoms with Gasteiger partial charge in [-0.05, 0) is 43.2 Å². The zero-order valence-electron chi connectivity index (χ0n) is 8.68. The molecule has 1 saturated carbocycles. The smallest absolute Gasteiger partial charge is 0.127 e. The van der Waals surface area contributed by atoms with Gasteiger partial charge in [0.2, 0.25) is 0 Å². The van der Waals surface area contributed by atoms with E-state index in [1.807, 2.05) is 6.26 Å². The summed E-state index contributed by atoms with van der Waals surface area (Å²) in [5.74, 6) is 2.05. The molecule has 76 valence electrons. The minimum absolute atomic E-state index is 0.178. The van der Waals surface area contributed by atoms with Crippen LogP contribution in [0.25, 0.3) is 0 Å². The van der Waals surface area contributed by atoms with Crippen LogP contribution in [-0.2, 0) is 12.0 Å². The molecule has 2 heterocycles. The Morgan fingerprint density at radius 2 is 2.43 bits per heavy atom. The zero-order chi connectivity index (χ0) is 9.60. The van der Waals surface area contributed by atoms with E-state index in [0.29, 0.717) is 0 Å². The van der Waals surface area contributed by atoms with Crippen LogP contribution in [0.15, 0.2) is 16.7 Å².